The van der Waals surface area contributed by atoms with Gasteiger partial charge in [0.25, 0.3) is 0 Å². The molecule has 0 aromatic heterocycles. The molecule has 1 spiro atoms. The summed E-state index contributed by atoms with van der Waals surface area (Å²) in [6.45, 7) is 1.02. The van der Waals surface area contributed by atoms with E-state index in [1.807, 2.05) is 0 Å². The molecule has 20 heavy (non-hydrogen) atoms. The Morgan fingerprint density at radius 2 is 1.85 bits per heavy atom. The summed E-state index contributed by atoms with van der Waals surface area (Å²) < 4.78 is 6.28. The molecule has 2 aliphatic heterocycles. The second kappa shape index (κ2) is 7.02. The molecule has 0 aromatic rings. The predicted molar refractivity (Wildman–Crippen MR) is 87.4 cm³/mol. The lowest BCUT2D eigenvalue weighted by atomic mass is 9.73. The van der Waals surface area contributed by atoms with E-state index in [1.54, 1.807) is 0 Å². The maximum atomic E-state index is 6.28. The normalized spacial score (nSPS) is 38.5. The van der Waals surface area contributed by atoms with Gasteiger partial charge in [0.15, 0.2) is 0 Å². The molecule has 2 saturated heterocycles. The van der Waals surface area contributed by atoms with Gasteiger partial charge in [-0.15, -0.1) is 0 Å². The number of hydrogen-bond donors (Lipinski definition) is 1. The third-order valence-electron chi connectivity index (χ3n) is 5.97. The standard InChI is InChI=1S/C17H31NOS/c1-18-16-5-3-2-4-14(12-16)15-6-9-19-17(13-15)7-10-20-11-8-17/h14-16,18H,2-13H2,1H3. The van der Waals surface area contributed by atoms with Crippen molar-refractivity contribution in [2.45, 2.75) is 69.4 Å². The van der Waals surface area contributed by atoms with Crippen LogP contribution in [0.4, 0.5) is 0 Å². The van der Waals surface area contributed by atoms with E-state index in [2.05, 4.69) is 24.1 Å². The largest absolute Gasteiger partial charge is 0.375 e. The second-order valence-corrected chi connectivity index (χ2v) is 8.39. The lowest BCUT2D eigenvalue weighted by Gasteiger charge is -2.45. The first-order valence-corrected chi connectivity index (χ1v) is 9.86. The van der Waals surface area contributed by atoms with Crippen LogP contribution in [-0.2, 0) is 4.74 Å². The molecule has 3 heteroatoms. The summed E-state index contributed by atoms with van der Waals surface area (Å²) in [6.07, 6.45) is 12.4. The van der Waals surface area contributed by atoms with Crippen molar-refractivity contribution in [1.82, 2.24) is 5.32 Å². The first kappa shape index (κ1) is 15.2. The summed E-state index contributed by atoms with van der Waals surface area (Å²) in [6, 6.07) is 0.767. The van der Waals surface area contributed by atoms with E-state index in [4.69, 9.17) is 4.74 Å². The van der Waals surface area contributed by atoms with Crippen LogP contribution in [-0.4, -0.2) is 36.8 Å². The Bertz CT molecular complexity index is 298. The van der Waals surface area contributed by atoms with Crippen molar-refractivity contribution in [3.05, 3.63) is 0 Å². The Labute approximate surface area is 128 Å². The molecule has 3 atom stereocenters. The van der Waals surface area contributed by atoms with Gasteiger partial charge in [-0.25, -0.2) is 0 Å². The van der Waals surface area contributed by atoms with Crippen LogP contribution in [0.5, 0.6) is 0 Å². The molecule has 3 unspecified atom stereocenters. The molecular formula is C17H31NOS. The molecule has 0 amide bonds. The summed E-state index contributed by atoms with van der Waals surface area (Å²) in [5, 5.41) is 3.55. The predicted octanol–water partition coefficient (Wildman–Crippen LogP) is 3.85. The number of ether oxygens (including phenoxy) is 1. The van der Waals surface area contributed by atoms with Crippen molar-refractivity contribution < 1.29 is 4.74 Å². The lowest BCUT2D eigenvalue weighted by molar-refractivity contribution is -0.112. The van der Waals surface area contributed by atoms with Crippen LogP contribution in [0.25, 0.3) is 0 Å². The fourth-order valence-electron chi connectivity index (χ4n) is 4.65. The van der Waals surface area contributed by atoms with Crippen LogP contribution >= 0.6 is 11.8 Å². The van der Waals surface area contributed by atoms with Gasteiger partial charge < -0.3 is 10.1 Å². The minimum Gasteiger partial charge on any atom is -0.375 e. The Hall–Kier alpha value is 0.270. The molecule has 1 aliphatic carbocycles. The van der Waals surface area contributed by atoms with Crippen molar-refractivity contribution >= 4 is 11.8 Å². The first-order chi connectivity index (χ1) is 9.81. The average molecular weight is 298 g/mol. The molecule has 1 N–H and O–H groups in total. The Morgan fingerprint density at radius 3 is 2.65 bits per heavy atom. The highest BCUT2D eigenvalue weighted by molar-refractivity contribution is 7.99. The van der Waals surface area contributed by atoms with Crippen molar-refractivity contribution in [1.29, 1.82) is 0 Å². The molecule has 3 rings (SSSR count). The maximum Gasteiger partial charge on any atom is 0.0701 e. The van der Waals surface area contributed by atoms with E-state index in [9.17, 15) is 0 Å². The Balaban J connectivity index is 1.63. The molecular weight excluding hydrogens is 266 g/mol. The van der Waals surface area contributed by atoms with E-state index in [1.165, 1.54) is 69.3 Å². The van der Waals surface area contributed by atoms with Gasteiger partial charge in [0.2, 0.25) is 0 Å². The van der Waals surface area contributed by atoms with Crippen molar-refractivity contribution in [2.24, 2.45) is 11.8 Å². The fourth-order valence-corrected chi connectivity index (χ4v) is 5.89. The van der Waals surface area contributed by atoms with Crippen molar-refractivity contribution in [3.8, 4) is 0 Å². The van der Waals surface area contributed by atoms with E-state index in [0.717, 1.165) is 24.5 Å². The monoisotopic (exact) mass is 297 g/mol. The number of thioether (sulfide) groups is 1. The minimum atomic E-state index is 0.273. The highest BCUT2D eigenvalue weighted by atomic mass is 32.2. The second-order valence-electron chi connectivity index (χ2n) is 7.16. The highest BCUT2D eigenvalue weighted by Gasteiger charge is 2.41. The Kier molecular flexibility index (Phi) is 5.33. The van der Waals surface area contributed by atoms with E-state index in [-0.39, 0.29) is 5.60 Å². The lowest BCUT2D eigenvalue weighted by Crippen LogP contribution is -2.44. The zero-order valence-corrected chi connectivity index (χ0v) is 13.9. The maximum absolute atomic E-state index is 6.28. The van der Waals surface area contributed by atoms with Crippen LogP contribution < -0.4 is 5.32 Å². The molecule has 0 bridgehead atoms. The smallest absolute Gasteiger partial charge is 0.0701 e. The van der Waals surface area contributed by atoms with Crippen LogP contribution in [0.1, 0.15) is 57.8 Å². The molecule has 0 aromatic carbocycles. The minimum absolute atomic E-state index is 0.273. The number of rotatable bonds is 2. The summed E-state index contributed by atoms with van der Waals surface area (Å²) in [7, 11) is 2.15. The van der Waals surface area contributed by atoms with E-state index < -0.39 is 0 Å². The molecule has 2 heterocycles. The quantitative estimate of drug-likeness (QED) is 0.782. The average Bonchev–Trinajstić information content (AvgIpc) is 2.73. The van der Waals surface area contributed by atoms with Crippen molar-refractivity contribution in [3.63, 3.8) is 0 Å². The molecule has 2 nitrogen and oxygen atoms in total. The number of hydrogen-bond acceptors (Lipinski definition) is 3. The van der Waals surface area contributed by atoms with Crippen LogP contribution in [0.3, 0.4) is 0 Å². The third-order valence-corrected chi connectivity index (χ3v) is 6.96. The number of nitrogens with one attached hydrogen (secondary N) is 1. The van der Waals surface area contributed by atoms with Crippen LogP contribution in [0, 0.1) is 11.8 Å². The van der Waals surface area contributed by atoms with E-state index in [0.29, 0.717) is 0 Å². The van der Waals surface area contributed by atoms with Gasteiger partial charge in [-0.3, -0.25) is 0 Å². The van der Waals surface area contributed by atoms with Gasteiger partial charge in [-0.05, 0) is 68.9 Å². The van der Waals surface area contributed by atoms with Gasteiger partial charge in [0.1, 0.15) is 0 Å². The van der Waals surface area contributed by atoms with Gasteiger partial charge in [-0.1, -0.05) is 19.3 Å². The van der Waals surface area contributed by atoms with Gasteiger partial charge in [0.05, 0.1) is 5.60 Å². The van der Waals surface area contributed by atoms with Crippen LogP contribution in [0.15, 0.2) is 0 Å². The molecule has 3 aliphatic rings. The summed E-state index contributed by atoms with van der Waals surface area (Å²) in [5.74, 6) is 4.51. The zero-order valence-electron chi connectivity index (χ0n) is 13.0. The summed E-state index contributed by atoms with van der Waals surface area (Å²) in [5.41, 5.74) is 0.273. The fraction of sp³-hybridized carbons (Fsp3) is 1.00. The topological polar surface area (TPSA) is 21.3 Å². The molecule has 0 radical (unpaired) electrons. The summed E-state index contributed by atoms with van der Waals surface area (Å²) in [4.78, 5) is 0. The third kappa shape index (κ3) is 3.53. The zero-order chi connectivity index (χ0) is 13.8. The Morgan fingerprint density at radius 1 is 1.05 bits per heavy atom. The van der Waals surface area contributed by atoms with E-state index >= 15 is 0 Å². The van der Waals surface area contributed by atoms with Crippen molar-refractivity contribution in [2.75, 3.05) is 25.2 Å². The highest BCUT2D eigenvalue weighted by Crippen LogP contribution is 2.44. The molecule has 1 saturated carbocycles. The summed E-state index contributed by atoms with van der Waals surface area (Å²) >= 11 is 2.12. The SMILES string of the molecule is CNC1CCCCC(C2CCOC3(CCSCC3)C2)C1. The first-order valence-electron chi connectivity index (χ1n) is 8.70. The van der Waals surface area contributed by atoms with Gasteiger partial charge in [-0.2, -0.15) is 11.8 Å². The van der Waals surface area contributed by atoms with Gasteiger partial charge >= 0.3 is 0 Å². The van der Waals surface area contributed by atoms with Gasteiger partial charge in [0, 0.05) is 12.6 Å². The van der Waals surface area contributed by atoms with Crippen LogP contribution in [0.2, 0.25) is 0 Å². The molecule has 3 fully saturated rings. The molecule has 116 valence electrons.